The predicted octanol–water partition coefficient (Wildman–Crippen LogP) is 2.17. The highest BCUT2D eigenvalue weighted by atomic mass is 19.1. The van der Waals surface area contributed by atoms with E-state index < -0.39 is 17.7 Å². The third-order valence-corrected chi connectivity index (χ3v) is 3.73. The number of aliphatic hydroxyl groups is 1. The van der Waals surface area contributed by atoms with Gasteiger partial charge in [0, 0.05) is 30.8 Å². The van der Waals surface area contributed by atoms with Crippen molar-refractivity contribution in [3.05, 3.63) is 35.4 Å². The van der Waals surface area contributed by atoms with Gasteiger partial charge in [-0.15, -0.1) is 0 Å². The molecule has 1 heterocycles. The average molecular weight is 315 g/mol. The number of ether oxygens (including phenoxy) is 2. The number of aliphatic hydroxyl groups excluding tert-OH is 1. The molecule has 0 radical (unpaired) electrons. The first-order valence-corrected chi connectivity index (χ1v) is 7.62. The summed E-state index contributed by atoms with van der Waals surface area (Å²) in [4.78, 5) is 0. The van der Waals surface area contributed by atoms with Crippen LogP contribution in [-0.2, 0) is 9.47 Å². The van der Waals surface area contributed by atoms with Gasteiger partial charge >= 0.3 is 0 Å². The van der Waals surface area contributed by atoms with Crippen molar-refractivity contribution in [1.82, 2.24) is 5.32 Å². The van der Waals surface area contributed by atoms with Gasteiger partial charge in [0.25, 0.3) is 0 Å². The van der Waals surface area contributed by atoms with Gasteiger partial charge in [0.2, 0.25) is 0 Å². The van der Waals surface area contributed by atoms with Crippen LogP contribution in [-0.4, -0.2) is 43.7 Å². The molecule has 0 spiro atoms. The first-order chi connectivity index (χ1) is 10.6. The van der Waals surface area contributed by atoms with E-state index in [9.17, 15) is 13.9 Å². The lowest BCUT2D eigenvalue weighted by Gasteiger charge is -2.19. The van der Waals surface area contributed by atoms with E-state index in [-0.39, 0.29) is 25.3 Å². The molecular weight excluding hydrogens is 292 g/mol. The second-order valence-electron chi connectivity index (χ2n) is 5.62. The minimum atomic E-state index is -0.688. The second kappa shape index (κ2) is 8.53. The Balaban J connectivity index is 1.67. The van der Waals surface area contributed by atoms with E-state index in [1.807, 2.05) is 0 Å². The Morgan fingerprint density at radius 1 is 1.45 bits per heavy atom. The van der Waals surface area contributed by atoms with E-state index in [1.165, 1.54) is 12.1 Å². The number of halogens is 2. The first kappa shape index (κ1) is 17.3. The van der Waals surface area contributed by atoms with Crippen LogP contribution >= 0.6 is 0 Å². The van der Waals surface area contributed by atoms with Crippen molar-refractivity contribution in [2.45, 2.75) is 38.0 Å². The molecule has 0 bridgehead atoms. The molecule has 6 heteroatoms. The zero-order valence-electron chi connectivity index (χ0n) is 12.7. The van der Waals surface area contributed by atoms with Crippen LogP contribution in [0.25, 0.3) is 0 Å². The maximum Gasteiger partial charge on any atom is 0.130 e. The van der Waals surface area contributed by atoms with Crippen LogP contribution in [0.2, 0.25) is 0 Å². The van der Waals surface area contributed by atoms with Crippen molar-refractivity contribution in [1.29, 1.82) is 0 Å². The minimum Gasteiger partial charge on any atom is -0.389 e. The van der Waals surface area contributed by atoms with Crippen molar-refractivity contribution in [2.24, 2.45) is 0 Å². The summed E-state index contributed by atoms with van der Waals surface area (Å²) < 4.78 is 37.3. The molecule has 0 amide bonds. The first-order valence-electron chi connectivity index (χ1n) is 7.62. The Morgan fingerprint density at radius 2 is 2.27 bits per heavy atom. The molecular formula is C16H23F2NO3. The van der Waals surface area contributed by atoms with E-state index in [2.05, 4.69) is 5.32 Å². The fourth-order valence-corrected chi connectivity index (χ4v) is 2.45. The largest absolute Gasteiger partial charge is 0.389 e. The summed E-state index contributed by atoms with van der Waals surface area (Å²) in [7, 11) is 0. The van der Waals surface area contributed by atoms with Crippen LogP contribution in [0.15, 0.2) is 18.2 Å². The summed E-state index contributed by atoms with van der Waals surface area (Å²) in [6, 6.07) is 3.16. The highest BCUT2D eigenvalue weighted by Gasteiger charge is 2.17. The Labute approximate surface area is 129 Å². The van der Waals surface area contributed by atoms with E-state index >= 15 is 0 Å². The molecule has 1 saturated heterocycles. The molecule has 0 aliphatic carbocycles. The molecule has 3 atom stereocenters. The van der Waals surface area contributed by atoms with Crippen LogP contribution in [0, 0.1) is 11.6 Å². The van der Waals surface area contributed by atoms with E-state index in [4.69, 9.17) is 9.47 Å². The Kier molecular flexibility index (Phi) is 6.70. The highest BCUT2D eigenvalue weighted by molar-refractivity contribution is 5.21. The van der Waals surface area contributed by atoms with Gasteiger partial charge in [-0.3, -0.25) is 0 Å². The number of benzene rings is 1. The van der Waals surface area contributed by atoms with Crippen molar-refractivity contribution < 1.29 is 23.4 Å². The smallest absolute Gasteiger partial charge is 0.130 e. The van der Waals surface area contributed by atoms with Gasteiger partial charge in [-0.05, 0) is 25.8 Å². The second-order valence-corrected chi connectivity index (χ2v) is 5.62. The van der Waals surface area contributed by atoms with E-state index in [0.29, 0.717) is 12.2 Å². The number of nitrogens with one attached hydrogen (secondary N) is 1. The maximum absolute atomic E-state index is 13.6. The van der Waals surface area contributed by atoms with Crippen LogP contribution < -0.4 is 5.32 Å². The Bertz CT molecular complexity index is 467. The van der Waals surface area contributed by atoms with Gasteiger partial charge in [-0.1, -0.05) is 6.07 Å². The lowest BCUT2D eigenvalue weighted by molar-refractivity contribution is -0.0168. The fourth-order valence-electron chi connectivity index (χ4n) is 2.45. The number of rotatable bonds is 8. The summed E-state index contributed by atoms with van der Waals surface area (Å²) in [5.41, 5.74) is 0.369. The topological polar surface area (TPSA) is 50.7 Å². The predicted molar refractivity (Wildman–Crippen MR) is 78.6 cm³/mol. The summed E-state index contributed by atoms with van der Waals surface area (Å²) >= 11 is 0. The molecule has 1 aliphatic heterocycles. The third kappa shape index (κ3) is 5.28. The molecule has 4 nitrogen and oxygen atoms in total. The van der Waals surface area contributed by atoms with Gasteiger partial charge in [-0.25, -0.2) is 8.78 Å². The quantitative estimate of drug-likeness (QED) is 0.772. The number of hydrogen-bond acceptors (Lipinski definition) is 4. The normalized spacial score (nSPS) is 21.0. The maximum atomic E-state index is 13.6. The van der Waals surface area contributed by atoms with E-state index in [1.54, 1.807) is 6.92 Å². The molecule has 2 rings (SSSR count). The molecule has 0 aromatic heterocycles. The Hall–Kier alpha value is -1.08. The van der Waals surface area contributed by atoms with Gasteiger partial charge < -0.3 is 19.9 Å². The fraction of sp³-hybridized carbons (Fsp3) is 0.625. The van der Waals surface area contributed by atoms with Gasteiger partial charge in [0.1, 0.15) is 11.6 Å². The monoisotopic (exact) mass is 315 g/mol. The molecule has 124 valence electrons. The van der Waals surface area contributed by atoms with Crippen LogP contribution in [0.1, 0.15) is 31.4 Å². The lowest BCUT2D eigenvalue weighted by Crippen LogP contribution is -2.33. The minimum absolute atomic E-state index is 0.132. The molecule has 1 aromatic rings. The average Bonchev–Trinajstić information content (AvgIpc) is 2.98. The third-order valence-electron chi connectivity index (χ3n) is 3.73. The summed E-state index contributed by atoms with van der Waals surface area (Å²) in [5, 5.41) is 12.9. The van der Waals surface area contributed by atoms with Crippen molar-refractivity contribution in [2.75, 3.05) is 26.4 Å². The molecule has 1 fully saturated rings. The van der Waals surface area contributed by atoms with Crippen LogP contribution in [0.5, 0.6) is 0 Å². The standard InChI is InChI=1S/C16H23F2NO3/c1-11(15-5-4-12(17)7-16(15)18)19-8-13(20)9-21-10-14-3-2-6-22-14/h4-5,7,11,13-14,19-20H,2-3,6,8-10H2,1H3. The van der Waals surface area contributed by atoms with Crippen molar-refractivity contribution in [3.8, 4) is 0 Å². The van der Waals surface area contributed by atoms with Gasteiger partial charge in [-0.2, -0.15) is 0 Å². The number of hydrogen-bond donors (Lipinski definition) is 2. The van der Waals surface area contributed by atoms with Crippen LogP contribution in [0.3, 0.4) is 0 Å². The van der Waals surface area contributed by atoms with Crippen LogP contribution in [0.4, 0.5) is 8.78 Å². The molecule has 22 heavy (non-hydrogen) atoms. The summed E-state index contributed by atoms with van der Waals surface area (Å²) in [6.45, 7) is 3.49. The van der Waals surface area contributed by atoms with Crippen molar-refractivity contribution >= 4 is 0 Å². The molecule has 1 aromatic carbocycles. The summed E-state index contributed by atoms with van der Waals surface area (Å²) in [5.74, 6) is -1.19. The SMILES string of the molecule is CC(NCC(O)COCC1CCCO1)c1ccc(F)cc1F. The zero-order valence-corrected chi connectivity index (χ0v) is 12.7. The van der Waals surface area contributed by atoms with Gasteiger partial charge in [0.05, 0.1) is 25.4 Å². The zero-order chi connectivity index (χ0) is 15.9. The summed E-state index contributed by atoms with van der Waals surface area (Å²) in [6.07, 6.45) is 1.49. The molecule has 3 unspecified atom stereocenters. The molecule has 2 N–H and O–H groups in total. The highest BCUT2D eigenvalue weighted by Crippen LogP contribution is 2.17. The molecule has 0 saturated carbocycles. The van der Waals surface area contributed by atoms with Gasteiger partial charge in [0.15, 0.2) is 0 Å². The van der Waals surface area contributed by atoms with Crippen molar-refractivity contribution in [3.63, 3.8) is 0 Å². The Morgan fingerprint density at radius 3 is 2.95 bits per heavy atom. The lowest BCUT2D eigenvalue weighted by atomic mass is 10.1. The molecule has 1 aliphatic rings. The van der Waals surface area contributed by atoms with E-state index in [0.717, 1.165) is 25.5 Å².